The van der Waals surface area contributed by atoms with Crippen LogP contribution in [0.5, 0.6) is 0 Å². The number of nitrogens with one attached hydrogen (secondary N) is 1. The van der Waals surface area contributed by atoms with E-state index in [1.165, 1.54) is 0 Å². The van der Waals surface area contributed by atoms with Gasteiger partial charge < -0.3 is 5.32 Å². The van der Waals surface area contributed by atoms with E-state index in [2.05, 4.69) is 15.3 Å². The van der Waals surface area contributed by atoms with E-state index in [9.17, 15) is 13.2 Å². The number of rotatable bonds is 3. The molecule has 0 aliphatic rings. The van der Waals surface area contributed by atoms with Gasteiger partial charge in [-0.25, -0.2) is 18.4 Å². The molecule has 0 unspecified atom stereocenters. The van der Waals surface area contributed by atoms with Crippen LogP contribution < -0.4 is 5.32 Å². The topological polar surface area (TPSA) is 89.0 Å². The maximum Gasteiger partial charge on any atom is 0.275 e. The summed E-state index contributed by atoms with van der Waals surface area (Å²) in [6.07, 6.45) is 2.06. The number of anilines is 1. The molecule has 2 aromatic rings. The van der Waals surface area contributed by atoms with E-state index in [0.717, 1.165) is 23.6 Å². The summed E-state index contributed by atoms with van der Waals surface area (Å²) in [5, 5.41) is 2.19. The van der Waals surface area contributed by atoms with Crippen molar-refractivity contribution in [3.8, 4) is 0 Å². The first-order chi connectivity index (χ1) is 10.2. The molecule has 22 heavy (non-hydrogen) atoms. The second-order valence-electron chi connectivity index (χ2n) is 4.95. The molecule has 2 rings (SSSR count). The smallest absolute Gasteiger partial charge is 0.275 e. The van der Waals surface area contributed by atoms with Crippen LogP contribution in [0.2, 0.25) is 5.02 Å². The number of nitrogens with zero attached hydrogens (tertiary/aromatic N) is 2. The lowest BCUT2D eigenvalue weighted by Crippen LogP contribution is -2.17. The number of hydrogen-bond donors (Lipinski definition) is 1. The van der Waals surface area contributed by atoms with Crippen LogP contribution in [0, 0.1) is 13.8 Å². The van der Waals surface area contributed by atoms with Gasteiger partial charge in [0.1, 0.15) is 0 Å². The van der Waals surface area contributed by atoms with Crippen molar-refractivity contribution in [3.63, 3.8) is 0 Å². The molecule has 0 radical (unpaired) electrons. The maximum absolute atomic E-state index is 12.3. The standard InChI is InChI=1S/C14H14ClN3O3S/c1-8-4-9(2)6-10(5-8)17-13(19)12-11(15)7-16-14(18-12)22(3,20)21/h4-7H,1-3H3,(H,17,19). The first-order valence-electron chi connectivity index (χ1n) is 6.29. The molecule has 1 N–H and O–H groups in total. The molecule has 6 nitrogen and oxygen atoms in total. The molecule has 0 spiro atoms. The van der Waals surface area contributed by atoms with E-state index < -0.39 is 20.9 Å². The van der Waals surface area contributed by atoms with E-state index in [-0.39, 0.29) is 10.7 Å². The van der Waals surface area contributed by atoms with E-state index in [4.69, 9.17) is 11.6 Å². The zero-order valence-electron chi connectivity index (χ0n) is 12.2. The van der Waals surface area contributed by atoms with Gasteiger partial charge in [-0.15, -0.1) is 0 Å². The Kier molecular flexibility index (Phi) is 4.48. The molecule has 1 aromatic heterocycles. The quantitative estimate of drug-likeness (QED) is 0.867. The van der Waals surface area contributed by atoms with E-state index >= 15 is 0 Å². The number of carbonyl (C=O) groups excluding carboxylic acids is 1. The first kappa shape index (κ1) is 16.4. The lowest BCUT2D eigenvalue weighted by Gasteiger charge is -2.08. The summed E-state index contributed by atoms with van der Waals surface area (Å²) in [6, 6.07) is 5.55. The highest BCUT2D eigenvalue weighted by atomic mass is 35.5. The van der Waals surface area contributed by atoms with E-state index in [0.29, 0.717) is 5.69 Å². The first-order valence-corrected chi connectivity index (χ1v) is 8.56. The van der Waals surface area contributed by atoms with Crippen LogP contribution in [-0.4, -0.2) is 30.5 Å². The number of hydrogen-bond acceptors (Lipinski definition) is 5. The van der Waals surface area contributed by atoms with Gasteiger partial charge in [0.25, 0.3) is 5.91 Å². The van der Waals surface area contributed by atoms with Crippen molar-refractivity contribution in [2.24, 2.45) is 0 Å². The molecule has 0 saturated carbocycles. The van der Waals surface area contributed by atoms with Crippen LogP contribution in [0.25, 0.3) is 0 Å². The van der Waals surface area contributed by atoms with Crippen LogP contribution in [0.1, 0.15) is 21.6 Å². The average Bonchev–Trinajstić information content (AvgIpc) is 2.36. The second-order valence-corrected chi connectivity index (χ2v) is 7.27. The van der Waals surface area contributed by atoms with Gasteiger partial charge in [-0.1, -0.05) is 17.7 Å². The third kappa shape index (κ3) is 3.80. The molecule has 0 aliphatic carbocycles. The van der Waals surface area contributed by atoms with Gasteiger partial charge in [-0.2, -0.15) is 0 Å². The average molecular weight is 340 g/mol. The number of aryl methyl sites for hydroxylation is 2. The lowest BCUT2D eigenvalue weighted by molar-refractivity contribution is 0.102. The highest BCUT2D eigenvalue weighted by Crippen LogP contribution is 2.18. The largest absolute Gasteiger partial charge is 0.321 e. The summed E-state index contributed by atoms with van der Waals surface area (Å²) in [5.41, 5.74) is 2.37. The highest BCUT2D eigenvalue weighted by Gasteiger charge is 2.19. The third-order valence-corrected chi connectivity index (χ3v) is 3.88. The van der Waals surface area contributed by atoms with Crippen molar-refractivity contribution in [2.75, 3.05) is 11.6 Å². The Morgan fingerprint density at radius 1 is 1.18 bits per heavy atom. The second kappa shape index (κ2) is 6.02. The van der Waals surface area contributed by atoms with Crippen LogP contribution in [0.4, 0.5) is 5.69 Å². The van der Waals surface area contributed by atoms with Crippen molar-refractivity contribution in [3.05, 3.63) is 46.2 Å². The molecule has 8 heteroatoms. The van der Waals surface area contributed by atoms with Crippen LogP contribution in [0.15, 0.2) is 29.6 Å². The molecule has 116 valence electrons. The SMILES string of the molecule is Cc1cc(C)cc(NC(=O)c2nc(S(C)(=O)=O)ncc2Cl)c1. The summed E-state index contributed by atoms with van der Waals surface area (Å²) in [4.78, 5) is 19.6. The Bertz CT molecular complexity index is 830. The Morgan fingerprint density at radius 2 is 1.77 bits per heavy atom. The van der Waals surface area contributed by atoms with Crippen LogP contribution >= 0.6 is 11.6 Å². The fourth-order valence-corrected chi connectivity index (χ4v) is 2.60. The number of halogens is 1. The molecule has 1 aromatic carbocycles. The summed E-state index contributed by atoms with van der Waals surface area (Å²) in [6.45, 7) is 3.81. The van der Waals surface area contributed by atoms with E-state index in [1.807, 2.05) is 19.9 Å². The number of sulfone groups is 1. The minimum atomic E-state index is -3.62. The molecule has 0 aliphatic heterocycles. The monoisotopic (exact) mass is 339 g/mol. The normalized spacial score (nSPS) is 11.3. The van der Waals surface area contributed by atoms with Crippen molar-refractivity contribution in [1.29, 1.82) is 0 Å². The van der Waals surface area contributed by atoms with Gasteiger partial charge in [0.05, 0.1) is 11.2 Å². The van der Waals surface area contributed by atoms with Crippen molar-refractivity contribution in [2.45, 2.75) is 19.0 Å². The predicted octanol–water partition coefficient (Wildman–Crippen LogP) is 2.40. The van der Waals surface area contributed by atoms with Crippen LogP contribution in [-0.2, 0) is 9.84 Å². The van der Waals surface area contributed by atoms with E-state index in [1.54, 1.807) is 12.1 Å². The number of carbonyl (C=O) groups is 1. The molecular weight excluding hydrogens is 326 g/mol. The number of benzene rings is 1. The predicted molar refractivity (Wildman–Crippen MR) is 84.0 cm³/mol. The Balaban J connectivity index is 2.37. The Labute approximate surface area is 133 Å². The Morgan fingerprint density at radius 3 is 2.32 bits per heavy atom. The minimum absolute atomic E-state index is 0.0192. The molecule has 1 heterocycles. The van der Waals surface area contributed by atoms with Gasteiger partial charge in [0.2, 0.25) is 15.0 Å². The van der Waals surface area contributed by atoms with Crippen molar-refractivity contribution >= 4 is 33.0 Å². The summed E-state index contributed by atoms with van der Waals surface area (Å²) in [7, 11) is -3.62. The zero-order chi connectivity index (χ0) is 16.5. The maximum atomic E-state index is 12.3. The fraction of sp³-hybridized carbons (Fsp3) is 0.214. The molecular formula is C14H14ClN3O3S. The van der Waals surface area contributed by atoms with Gasteiger partial charge in [-0.05, 0) is 37.1 Å². The summed E-state index contributed by atoms with van der Waals surface area (Å²) < 4.78 is 22.9. The van der Waals surface area contributed by atoms with Gasteiger partial charge in [0.15, 0.2) is 5.69 Å². The molecule has 0 fully saturated rings. The Hall–Kier alpha value is -1.99. The number of amides is 1. The van der Waals surface area contributed by atoms with Crippen LogP contribution in [0.3, 0.4) is 0 Å². The minimum Gasteiger partial charge on any atom is -0.321 e. The lowest BCUT2D eigenvalue weighted by atomic mass is 10.1. The fourth-order valence-electron chi connectivity index (χ4n) is 1.93. The molecule has 0 bridgehead atoms. The van der Waals surface area contributed by atoms with Crippen molar-refractivity contribution < 1.29 is 13.2 Å². The number of aromatic nitrogens is 2. The van der Waals surface area contributed by atoms with Gasteiger partial charge in [-0.3, -0.25) is 4.79 Å². The van der Waals surface area contributed by atoms with Gasteiger partial charge in [0, 0.05) is 11.9 Å². The highest BCUT2D eigenvalue weighted by molar-refractivity contribution is 7.90. The molecule has 1 amide bonds. The third-order valence-electron chi connectivity index (χ3n) is 2.75. The molecule has 0 atom stereocenters. The molecule has 0 saturated heterocycles. The van der Waals surface area contributed by atoms with Crippen molar-refractivity contribution in [1.82, 2.24) is 9.97 Å². The summed E-state index contributed by atoms with van der Waals surface area (Å²) in [5.74, 6) is -0.595. The van der Waals surface area contributed by atoms with Gasteiger partial charge >= 0.3 is 0 Å². The summed E-state index contributed by atoms with van der Waals surface area (Å²) >= 11 is 5.89. The zero-order valence-corrected chi connectivity index (χ0v) is 13.8.